The molecule has 0 saturated heterocycles. The number of rotatable bonds is 1. The van der Waals surface area contributed by atoms with E-state index in [4.69, 9.17) is 0 Å². The first-order valence-corrected chi connectivity index (χ1v) is 5.91. The van der Waals surface area contributed by atoms with Crippen molar-refractivity contribution < 1.29 is 4.79 Å². The third kappa shape index (κ3) is 2.17. The molecule has 0 aliphatic heterocycles. The first-order valence-electron chi connectivity index (χ1n) is 5.91. The molecule has 98 valence electrons. The van der Waals surface area contributed by atoms with Crippen molar-refractivity contribution in [2.24, 2.45) is 7.05 Å². The van der Waals surface area contributed by atoms with Crippen LogP contribution in [0.25, 0.3) is 21.8 Å². The molecule has 0 aliphatic rings. The van der Waals surface area contributed by atoms with Gasteiger partial charge >= 0.3 is 0 Å². The molecule has 1 heterocycles. The molecule has 3 aromatic rings. The van der Waals surface area contributed by atoms with Crippen molar-refractivity contribution in [2.75, 3.05) is 5.32 Å². The lowest BCUT2D eigenvalue weighted by molar-refractivity contribution is -0.114. The number of aromatic nitrogens is 1. The minimum Gasteiger partial charge on any atom is -0.344 e. The Bertz CT molecular complexity index is 761. The number of amides is 1. The number of carbonyl (C=O) groups is 1. The average Bonchev–Trinajstić information content (AvgIpc) is 2.63. The standard InChI is InChI=1S/C15H14N2O.ClH/c1-10(18)16-11-7-8-15-13(9-11)12-5-3-4-6-14(12)17(15)2;/h3-9H,1-2H3,(H,16,18);1H. The average molecular weight is 275 g/mol. The summed E-state index contributed by atoms with van der Waals surface area (Å²) >= 11 is 0. The molecule has 0 spiro atoms. The van der Waals surface area contributed by atoms with E-state index in [9.17, 15) is 4.79 Å². The van der Waals surface area contributed by atoms with Crippen LogP contribution in [0, 0.1) is 0 Å². The summed E-state index contributed by atoms with van der Waals surface area (Å²) < 4.78 is 2.17. The Hall–Kier alpha value is -2.00. The van der Waals surface area contributed by atoms with Crippen LogP contribution in [-0.4, -0.2) is 10.5 Å². The molecular weight excluding hydrogens is 260 g/mol. The molecule has 4 heteroatoms. The van der Waals surface area contributed by atoms with E-state index in [2.05, 4.69) is 29.1 Å². The number of benzene rings is 2. The van der Waals surface area contributed by atoms with E-state index in [1.807, 2.05) is 30.3 Å². The topological polar surface area (TPSA) is 34.0 Å². The Morgan fingerprint density at radius 3 is 2.47 bits per heavy atom. The van der Waals surface area contributed by atoms with Crippen LogP contribution in [0.2, 0.25) is 0 Å². The lowest BCUT2D eigenvalue weighted by atomic mass is 10.1. The summed E-state index contributed by atoms with van der Waals surface area (Å²) in [5.74, 6) is -0.0467. The Labute approximate surface area is 117 Å². The van der Waals surface area contributed by atoms with Gasteiger partial charge in [0.1, 0.15) is 0 Å². The number of anilines is 1. The molecule has 0 aliphatic carbocycles. The molecule has 1 aromatic heterocycles. The third-order valence-electron chi connectivity index (χ3n) is 3.23. The van der Waals surface area contributed by atoms with Gasteiger partial charge in [0.05, 0.1) is 0 Å². The molecule has 1 amide bonds. The maximum Gasteiger partial charge on any atom is 0.221 e. The monoisotopic (exact) mass is 274 g/mol. The van der Waals surface area contributed by atoms with Crippen molar-refractivity contribution in [2.45, 2.75) is 6.92 Å². The maximum absolute atomic E-state index is 11.1. The van der Waals surface area contributed by atoms with E-state index in [1.165, 1.54) is 28.7 Å². The minimum atomic E-state index is -0.0467. The number of nitrogens with one attached hydrogen (secondary N) is 1. The molecule has 0 radical (unpaired) electrons. The van der Waals surface area contributed by atoms with Gasteiger partial charge in [-0.05, 0) is 24.3 Å². The number of para-hydroxylation sites is 1. The van der Waals surface area contributed by atoms with Gasteiger partial charge < -0.3 is 9.88 Å². The number of nitrogens with zero attached hydrogens (tertiary/aromatic N) is 1. The van der Waals surface area contributed by atoms with Crippen molar-refractivity contribution in [3.8, 4) is 0 Å². The highest BCUT2D eigenvalue weighted by Gasteiger charge is 2.08. The summed E-state index contributed by atoms with van der Waals surface area (Å²) in [6, 6.07) is 14.3. The quantitative estimate of drug-likeness (QED) is 0.721. The number of carbonyl (C=O) groups excluding carboxylic acids is 1. The highest BCUT2D eigenvalue weighted by atomic mass is 35.5. The van der Waals surface area contributed by atoms with E-state index in [-0.39, 0.29) is 18.3 Å². The van der Waals surface area contributed by atoms with Gasteiger partial charge in [-0.1, -0.05) is 18.2 Å². The number of fused-ring (bicyclic) bond motifs is 3. The van der Waals surface area contributed by atoms with Crippen LogP contribution in [0.4, 0.5) is 5.69 Å². The van der Waals surface area contributed by atoms with Gasteiger partial charge in [0.15, 0.2) is 0 Å². The largest absolute Gasteiger partial charge is 0.344 e. The van der Waals surface area contributed by atoms with Crippen LogP contribution in [0.5, 0.6) is 0 Å². The molecule has 19 heavy (non-hydrogen) atoms. The number of aryl methyl sites for hydroxylation is 1. The number of halogens is 1. The molecule has 0 bridgehead atoms. The minimum absolute atomic E-state index is 0. The van der Waals surface area contributed by atoms with Crippen LogP contribution < -0.4 is 5.32 Å². The second kappa shape index (κ2) is 4.94. The van der Waals surface area contributed by atoms with E-state index < -0.39 is 0 Å². The third-order valence-corrected chi connectivity index (χ3v) is 3.23. The van der Waals surface area contributed by atoms with Crippen molar-refractivity contribution in [1.29, 1.82) is 0 Å². The van der Waals surface area contributed by atoms with Crippen LogP contribution in [0.1, 0.15) is 6.92 Å². The van der Waals surface area contributed by atoms with Gasteiger partial charge in [0.2, 0.25) is 5.91 Å². The molecule has 0 fully saturated rings. The molecule has 3 rings (SSSR count). The van der Waals surface area contributed by atoms with Crippen molar-refractivity contribution >= 4 is 45.8 Å². The summed E-state index contributed by atoms with van der Waals surface area (Å²) in [5.41, 5.74) is 3.21. The fraction of sp³-hybridized carbons (Fsp3) is 0.133. The SMILES string of the molecule is CC(=O)Nc1ccc2c(c1)c1ccccc1n2C.Cl. The second-order valence-electron chi connectivity index (χ2n) is 4.49. The Balaban J connectivity index is 0.00000133. The Morgan fingerprint density at radius 2 is 1.74 bits per heavy atom. The van der Waals surface area contributed by atoms with Crippen LogP contribution >= 0.6 is 12.4 Å². The molecule has 1 N–H and O–H groups in total. The summed E-state index contributed by atoms with van der Waals surface area (Å²) in [7, 11) is 2.06. The van der Waals surface area contributed by atoms with Gasteiger partial charge in [-0.25, -0.2) is 0 Å². The van der Waals surface area contributed by atoms with E-state index >= 15 is 0 Å². The lowest BCUT2D eigenvalue weighted by Gasteiger charge is -2.02. The first-order chi connectivity index (χ1) is 8.66. The summed E-state index contributed by atoms with van der Waals surface area (Å²) in [6.07, 6.45) is 0. The van der Waals surface area contributed by atoms with E-state index in [0.29, 0.717) is 0 Å². The van der Waals surface area contributed by atoms with Gasteiger partial charge in [-0.15, -0.1) is 12.4 Å². The molecule has 0 atom stereocenters. The predicted molar refractivity (Wildman–Crippen MR) is 82.0 cm³/mol. The molecule has 2 aromatic carbocycles. The smallest absolute Gasteiger partial charge is 0.221 e. The van der Waals surface area contributed by atoms with Gasteiger partial charge in [0.25, 0.3) is 0 Å². The first kappa shape index (κ1) is 13.4. The molecule has 0 unspecified atom stereocenters. The summed E-state index contributed by atoms with van der Waals surface area (Å²) in [4.78, 5) is 11.1. The zero-order valence-electron chi connectivity index (χ0n) is 10.8. The van der Waals surface area contributed by atoms with Crippen LogP contribution in [-0.2, 0) is 11.8 Å². The van der Waals surface area contributed by atoms with E-state index in [0.717, 1.165) is 5.69 Å². The van der Waals surface area contributed by atoms with Crippen molar-refractivity contribution in [3.05, 3.63) is 42.5 Å². The number of hydrogen-bond acceptors (Lipinski definition) is 1. The van der Waals surface area contributed by atoms with Crippen LogP contribution in [0.3, 0.4) is 0 Å². The van der Waals surface area contributed by atoms with E-state index in [1.54, 1.807) is 0 Å². The highest BCUT2D eigenvalue weighted by molar-refractivity contribution is 6.09. The van der Waals surface area contributed by atoms with Gasteiger partial charge in [-0.3, -0.25) is 4.79 Å². The fourth-order valence-corrected chi connectivity index (χ4v) is 2.45. The van der Waals surface area contributed by atoms with Crippen molar-refractivity contribution in [3.63, 3.8) is 0 Å². The lowest BCUT2D eigenvalue weighted by Crippen LogP contribution is -2.05. The zero-order valence-corrected chi connectivity index (χ0v) is 11.6. The van der Waals surface area contributed by atoms with Gasteiger partial charge in [0, 0.05) is 41.5 Å². The normalized spacial score (nSPS) is 10.4. The van der Waals surface area contributed by atoms with Crippen LogP contribution in [0.15, 0.2) is 42.5 Å². The Morgan fingerprint density at radius 1 is 1.05 bits per heavy atom. The highest BCUT2D eigenvalue weighted by Crippen LogP contribution is 2.29. The zero-order chi connectivity index (χ0) is 12.7. The van der Waals surface area contributed by atoms with Gasteiger partial charge in [-0.2, -0.15) is 0 Å². The fourth-order valence-electron chi connectivity index (χ4n) is 2.45. The summed E-state index contributed by atoms with van der Waals surface area (Å²) in [6.45, 7) is 1.52. The Kier molecular flexibility index (Phi) is 3.49. The second-order valence-corrected chi connectivity index (χ2v) is 4.49. The maximum atomic E-state index is 11.1. The molecule has 0 saturated carbocycles. The predicted octanol–water partition coefficient (Wildman–Crippen LogP) is 3.71. The van der Waals surface area contributed by atoms with Crippen molar-refractivity contribution in [1.82, 2.24) is 4.57 Å². The molecular formula is C15H15ClN2O. The summed E-state index contributed by atoms with van der Waals surface area (Å²) in [5, 5.41) is 5.20. The number of hydrogen-bond donors (Lipinski definition) is 1. The molecule has 3 nitrogen and oxygen atoms in total.